The number of Topliss-reactive ketones (excluding diaryl/α,β-unsaturated/α-hetero) is 1. The zero-order valence-electron chi connectivity index (χ0n) is 7.29. The standard InChI is InChI=1S/C9H12O3/c1-3-7-4-5-8(11)9(7)12-6(2)10/h4,9H,3,5H2,1-2H3. The van der Waals surface area contributed by atoms with Crippen LogP contribution in [-0.4, -0.2) is 17.9 Å². The maximum Gasteiger partial charge on any atom is 0.303 e. The molecule has 1 atom stereocenters. The molecule has 1 aliphatic rings. The van der Waals surface area contributed by atoms with Crippen LogP contribution in [0.4, 0.5) is 0 Å². The Morgan fingerprint density at radius 1 is 1.75 bits per heavy atom. The highest BCUT2D eigenvalue weighted by atomic mass is 16.5. The van der Waals surface area contributed by atoms with Crippen molar-refractivity contribution in [2.24, 2.45) is 0 Å². The molecule has 0 aliphatic heterocycles. The van der Waals surface area contributed by atoms with Crippen LogP contribution in [0.3, 0.4) is 0 Å². The average molecular weight is 168 g/mol. The number of carbonyl (C=O) groups excluding carboxylic acids is 2. The van der Waals surface area contributed by atoms with E-state index in [-0.39, 0.29) is 5.78 Å². The Hall–Kier alpha value is -1.12. The fraction of sp³-hybridized carbons (Fsp3) is 0.556. The van der Waals surface area contributed by atoms with Crippen molar-refractivity contribution in [2.75, 3.05) is 0 Å². The Balaban J connectivity index is 2.66. The fourth-order valence-corrected chi connectivity index (χ4v) is 1.29. The molecule has 0 spiro atoms. The molecule has 0 radical (unpaired) electrons. The topological polar surface area (TPSA) is 43.4 Å². The monoisotopic (exact) mass is 168 g/mol. The summed E-state index contributed by atoms with van der Waals surface area (Å²) in [6, 6.07) is 0. The second-order valence-electron chi connectivity index (χ2n) is 2.79. The van der Waals surface area contributed by atoms with E-state index >= 15 is 0 Å². The van der Waals surface area contributed by atoms with Crippen molar-refractivity contribution in [1.29, 1.82) is 0 Å². The molecule has 3 heteroatoms. The molecule has 0 N–H and O–H groups in total. The summed E-state index contributed by atoms with van der Waals surface area (Å²) in [4.78, 5) is 21.8. The van der Waals surface area contributed by atoms with Crippen LogP contribution < -0.4 is 0 Å². The van der Waals surface area contributed by atoms with Gasteiger partial charge in [0.2, 0.25) is 0 Å². The maximum absolute atomic E-state index is 11.1. The van der Waals surface area contributed by atoms with Crippen LogP contribution >= 0.6 is 0 Å². The number of rotatable bonds is 2. The van der Waals surface area contributed by atoms with Gasteiger partial charge in [-0.05, 0) is 12.0 Å². The summed E-state index contributed by atoms with van der Waals surface area (Å²) in [5.41, 5.74) is 0.926. The first kappa shape index (κ1) is 8.97. The summed E-state index contributed by atoms with van der Waals surface area (Å²) in [6.07, 6.45) is 2.42. The van der Waals surface area contributed by atoms with Gasteiger partial charge in [-0.15, -0.1) is 0 Å². The molecule has 0 heterocycles. The van der Waals surface area contributed by atoms with E-state index in [4.69, 9.17) is 4.74 Å². The van der Waals surface area contributed by atoms with E-state index in [9.17, 15) is 9.59 Å². The van der Waals surface area contributed by atoms with E-state index in [1.807, 2.05) is 13.0 Å². The van der Waals surface area contributed by atoms with Gasteiger partial charge in [0.15, 0.2) is 11.9 Å². The molecule has 0 bridgehead atoms. The number of hydrogen-bond donors (Lipinski definition) is 0. The molecule has 0 saturated carbocycles. The Morgan fingerprint density at radius 3 is 2.92 bits per heavy atom. The molecule has 0 aromatic rings. The highest BCUT2D eigenvalue weighted by Gasteiger charge is 2.28. The van der Waals surface area contributed by atoms with Crippen molar-refractivity contribution in [3.63, 3.8) is 0 Å². The Morgan fingerprint density at radius 2 is 2.42 bits per heavy atom. The molecule has 0 aromatic heterocycles. The van der Waals surface area contributed by atoms with Gasteiger partial charge in [-0.1, -0.05) is 13.0 Å². The third-order valence-corrected chi connectivity index (χ3v) is 1.89. The van der Waals surface area contributed by atoms with Crippen LogP contribution in [0.5, 0.6) is 0 Å². The van der Waals surface area contributed by atoms with Crippen LogP contribution in [-0.2, 0) is 14.3 Å². The molecule has 0 fully saturated rings. The molecule has 1 rings (SSSR count). The molecule has 0 aromatic carbocycles. The van der Waals surface area contributed by atoms with Crippen molar-refractivity contribution >= 4 is 11.8 Å². The number of esters is 1. The van der Waals surface area contributed by atoms with E-state index < -0.39 is 12.1 Å². The second-order valence-corrected chi connectivity index (χ2v) is 2.79. The normalized spacial score (nSPS) is 22.3. The Kier molecular flexibility index (Phi) is 2.63. The zero-order valence-corrected chi connectivity index (χ0v) is 7.29. The predicted molar refractivity (Wildman–Crippen MR) is 43.6 cm³/mol. The van der Waals surface area contributed by atoms with Gasteiger partial charge in [0, 0.05) is 13.3 Å². The first-order chi connectivity index (χ1) is 5.65. The van der Waals surface area contributed by atoms with Crippen molar-refractivity contribution in [1.82, 2.24) is 0 Å². The number of ether oxygens (including phenoxy) is 1. The molecular formula is C9H12O3. The van der Waals surface area contributed by atoms with E-state index in [1.165, 1.54) is 6.92 Å². The van der Waals surface area contributed by atoms with Gasteiger partial charge in [0.05, 0.1) is 0 Å². The Labute approximate surface area is 71.4 Å². The van der Waals surface area contributed by atoms with Crippen LogP contribution in [0.2, 0.25) is 0 Å². The first-order valence-corrected chi connectivity index (χ1v) is 4.04. The quantitative estimate of drug-likeness (QED) is 0.460. The van der Waals surface area contributed by atoms with Crippen LogP contribution in [0, 0.1) is 0 Å². The molecule has 66 valence electrons. The lowest BCUT2D eigenvalue weighted by molar-refractivity contribution is -0.149. The summed E-state index contributed by atoms with van der Waals surface area (Å²) >= 11 is 0. The van der Waals surface area contributed by atoms with Crippen LogP contribution in [0.1, 0.15) is 26.7 Å². The first-order valence-electron chi connectivity index (χ1n) is 4.04. The number of hydrogen-bond acceptors (Lipinski definition) is 3. The highest BCUT2D eigenvalue weighted by Crippen LogP contribution is 2.21. The SMILES string of the molecule is CCC1=CCC(=O)C1OC(C)=O. The second kappa shape index (κ2) is 3.52. The molecule has 3 nitrogen and oxygen atoms in total. The largest absolute Gasteiger partial charge is 0.450 e. The van der Waals surface area contributed by atoms with Crippen molar-refractivity contribution in [2.45, 2.75) is 32.8 Å². The molecule has 1 unspecified atom stereocenters. The average Bonchev–Trinajstić information content (AvgIpc) is 2.32. The molecule has 0 amide bonds. The minimum absolute atomic E-state index is 0.0120. The smallest absolute Gasteiger partial charge is 0.303 e. The van der Waals surface area contributed by atoms with Crippen LogP contribution in [0.15, 0.2) is 11.6 Å². The van der Waals surface area contributed by atoms with E-state index in [2.05, 4.69) is 0 Å². The van der Waals surface area contributed by atoms with Gasteiger partial charge in [0.25, 0.3) is 0 Å². The maximum atomic E-state index is 11.1. The van der Waals surface area contributed by atoms with Gasteiger partial charge >= 0.3 is 5.97 Å². The van der Waals surface area contributed by atoms with Crippen molar-refractivity contribution < 1.29 is 14.3 Å². The van der Waals surface area contributed by atoms with Gasteiger partial charge in [-0.3, -0.25) is 9.59 Å². The minimum Gasteiger partial charge on any atom is -0.450 e. The van der Waals surface area contributed by atoms with Gasteiger partial charge in [-0.2, -0.15) is 0 Å². The fourth-order valence-electron chi connectivity index (χ4n) is 1.29. The molecule has 1 aliphatic carbocycles. The van der Waals surface area contributed by atoms with Gasteiger partial charge < -0.3 is 4.74 Å². The lowest BCUT2D eigenvalue weighted by Crippen LogP contribution is -2.23. The number of carbonyl (C=O) groups is 2. The van der Waals surface area contributed by atoms with Crippen molar-refractivity contribution in [3.05, 3.63) is 11.6 Å². The summed E-state index contributed by atoms with van der Waals surface area (Å²) in [5, 5.41) is 0. The number of ketones is 1. The summed E-state index contributed by atoms with van der Waals surface area (Å²) in [6.45, 7) is 3.26. The lowest BCUT2D eigenvalue weighted by atomic mass is 10.1. The van der Waals surface area contributed by atoms with E-state index in [0.717, 1.165) is 12.0 Å². The third kappa shape index (κ3) is 1.72. The van der Waals surface area contributed by atoms with Gasteiger partial charge in [0.1, 0.15) is 0 Å². The lowest BCUT2D eigenvalue weighted by Gasteiger charge is -2.11. The van der Waals surface area contributed by atoms with E-state index in [0.29, 0.717) is 6.42 Å². The molecule has 12 heavy (non-hydrogen) atoms. The molecule has 0 saturated heterocycles. The highest BCUT2D eigenvalue weighted by molar-refractivity contribution is 5.92. The third-order valence-electron chi connectivity index (χ3n) is 1.89. The minimum atomic E-state index is -0.590. The van der Waals surface area contributed by atoms with E-state index in [1.54, 1.807) is 0 Å². The summed E-state index contributed by atoms with van der Waals surface area (Å²) < 4.78 is 4.87. The Bertz CT molecular complexity index is 240. The summed E-state index contributed by atoms with van der Waals surface area (Å²) in [5.74, 6) is -0.406. The number of allylic oxidation sites excluding steroid dienone is 1. The zero-order chi connectivity index (χ0) is 9.14. The van der Waals surface area contributed by atoms with Crippen LogP contribution in [0.25, 0.3) is 0 Å². The van der Waals surface area contributed by atoms with Crippen molar-refractivity contribution in [3.8, 4) is 0 Å². The van der Waals surface area contributed by atoms with Gasteiger partial charge in [-0.25, -0.2) is 0 Å². The predicted octanol–water partition coefficient (Wildman–Crippen LogP) is 1.23. The molecular weight excluding hydrogens is 156 g/mol. The summed E-state index contributed by atoms with van der Waals surface area (Å²) in [7, 11) is 0.